The van der Waals surface area contributed by atoms with Gasteiger partial charge in [0, 0.05) is 0 Å². The van der Waals surface area contributed by atoms with Gasteiger partial charge < -0.3 is 4.74 Å². The quantitative estimate of drug-likeness (QED) is 0.480. The van der Waals surface area contributed by atoms with Crippen molar-refractivity contribution in [3.63, 3.8) is 0 Å². The number of carbonyl (C=O) groups is 1. The molecule has 0 saturated heterocycles. The molecule has 0 fully saturated rings. The fourth-order valence-electron chi connectivity index (χ4n) is 0.732. The number of hydrogen-bond donors (Lipinski definition) is 0. The second-order valence-electron chi connectivity index (χ2n) is 2.33. The molecule has 0 radical (unpaired) electrons. The molecule has 70 valence electrons. The van der Waals surface area contributed by atoms with Crippen molar-refractivity contribution >= 4 is 6.09 Å². The first-order valence-corrected chi connectivity index (χ1v) is 3.93. The molecule has 0 rings (SSSR count). The maximum Gasteiger partial charge on any atom is 0.411 e. The number of terminal acetylenes is 1. The van der Waals surface area contributed by atoms with Crippen molar-refractivity contribution in [1.29, 1.82) is 5.26 Å². The zero-order valence-corrected chi connectivity index (χ0v) is 7.78. The predicted octanol–water partition coefficient (Wildman–Crippen LogP) is 0.990. The Kier molecular flexibility index (Phi) is 5.14. The molecule has 4 nitrogen and oxygen atoms in total. The van der Waals surface area contributed by atoms with Crippen molar-refractivity contribution in [3.05, 3.63) is 0 Å². The molecule has 0 aromatic rings. The second-order valence-corrected chi connectivity index (χ2v) is 2.33. The van der Waals surface area contributed by atoms with Gasteiger partial charge in [0.2, 0.25) is 0 Å². The average Bonchev–Trinajstić information content (AvgIpc) is 2.13. The van der Waals surface area contributed by atoms with E-state index in [1.165, 1.54) is 4.90 Å². The Balaban J connectivity index is 4.35. The summed E-state index contributed by atoms with van der Waals surface area (Å²) in [6.45, 7) is 3.58. The molecule has 13 heavy (non-hydrogen) atoms. The van der Waals surface area contributed by atoms with E-state index in [2.05, 4.69) is 5.92 Å². The van der Waals surface area contributed by atoms with Gasteiger partial charge in [0.1, 0.15) is 6.54 Å². The van der Waals surface area contributed by atoms with E-state index in [-0.39, 0.29) is 13.2 Å². The Morgan fingerprint density at radius 3 is 2.77 bits per heavy atom. The SMILES string of the molecule is C#CC(C)N(CC#N)C(=O)OCC. The van der Waals surface area contributed by atoms with Crippen LogP contribution in [0.2, 0.25) is 0 Å². The first-order chi connectivity index (χ1) is 6.17. The highest BCUT2D eigenvalue weighted by atomic mass is 16.6. The molecule has 0 N–H and O–H groups in total. The lowest BCUT2D eigenvalue weighted by Gasteiger charge is -2.21. The van der Waals surface area contributed by atoms with Gasteiger partial charge in [-0.3, -0.25) is 4.90 Å². The van der Waals surface area contributed by atoms with Crippen LogP contribution in [0.5, 0.6) is 0 Å². The van der Waals surface area contributed by atoms with Gasteiger partial charge in [-0.15, -0.1) is 6.42 Å². The van der Waals surface area contributed by atoms with E-state index in [1.807, 2.05) is 6.07 Å². The van der Waals surface area contributed by atoms with Crippen LogP contribution in [0.25, 0.3) is 0 Å². The largest absolute Gasteiger partial charge is 0.450 e. The fraction of sp³-hybridized carbons (Fsp3) is 0.556. The number of nitrogens with zero attached hydrogens (tertiary/aromatic N) is 2. The summed E-state index contributed by atoms with van der Waals surface area (Å²) in [6.07, 6.45) is 4.58. The smallest absolute Gasteiger partial charge is 0.411 e. The van der Waals surface area contributed by atoms with E-state index in [1.54, 1.807) is 13.8 Å². The molecule has 0 heterocycles. The Labute approximate surface area is 78.1 Å². The molecule has 4 heteroatoms. The highest BCUT2D eigenvalue weighted by Crippen LogP contribution is 2.00. The normalized spacial score (nSPS) is 10.8. The monoisotopic (exact) mass is 180 g/mol. The minimum atomic E-state index is -0.547. The van der Waals surface area contributed by atoms with Crippen LogP contribution in [-0.2, 0) is 4.74 Å². The van der Waals surface area contributed by atoms with Crippen LogP contribution in [-0.4, -0.2) is 30.2 Å². The summed E-state index contributed by atoms with van der Waals surface area (Å²) >= 11 is 0. The number of ether oxygens (including phenoxy) is 1. The van der Waals surface area contributed by atoms with E-state index < -0.39 is 12.1 Å². The van der Waals surface area contributed by atoms with Gasteiger partial charge in [-0.25, -0.2) is 4.79 Å². The third-order valence-corrected chi connectivity index (χ3v) is 1.45. The molecule has 0 aliphatic rings. The molecule has 0 aliphatic carbocycles. The third kappa shape index (κ3) is 3.48. The lowest BCUT2D eigenvalue weighted by Crippen LogP contribution is -2.38. The van der Waals surface area contributed by atoms with Crippen molar-refractivity contribution in [2.75, 3.05) is 13.2 Å². The third-order valence-electron chi connectivity index (χ3n) is 1.45. The van der Waals surface area contributed by atoms with Crippen LogP contribution >= 0.6 is 0 Å². The average molecular weight is 180 g/mol. The van der Waals surface area contributed by atoms with E-state index >= 15 is 0 Å². The maximum absolute atomic E-state index is 11.2. The molecule has 1 amide bonds. The summed E-state index contributed by atoms with van der Waals surface area (Å²) in [6, 6.07) is 1.43. The van der Waals surface area contributed by atoms with Crippen LogP contribution in [0.1, 0.15) is 13.8 Å². The second kappa shape index (κ2) is 5.91. The molecule has 0 aliphatic heterocycles. The fourth-order valence-corrected chi connectivity index (χ4v) is 0.732. The van der Waals surface area contributed by atoms with Crippen LogP contribution in [0.15, 0.2) is 0 Å². The van der Waals surface area contributed by atoms with E-state index in [9.17, 15) is 4.79 Å². The number of carbonyl (C=O) groups excluding carboxylic acids is 1. The van der Waals surface area contributed by atoms with Gasteiger partial charge in [-0.2, -0.15) is 5.26 Å². The summed E-state index contributed by atoms with van der Waals surface area (Å²) in [7, 11) is 0. The lowest BCUT2D eigenvalue weighted by atomic mass is 10.3. The highest BCUT2D eigenvalue weighted by molar-refractivity contribution is 5.68. The number of nitriles is 1. The number of hydrogen-bond acceptors (Lipinski definition) is 3. The van der Waals surface area contributed by atoms with Gasteiger partial charge in [-0.1, -0.05) is 5.92 Å². The Hall–Kier alpha value is -1.68. The molecule has 0 bridgehead atoms. The molecular formula is C9H12N2O2. The summed E-state index contributed by atoms with van der Waals surface area (Å²) < 4.78 is 4.72. The molecule has 1 unspecified atom stereocenters. The molecule has 1 atom stereocenters. The van der Waals surface area contributed by atoms with Gasteiger partial charge in [0.05, 0.1) is 18.7 Å². The van der Waals surface area contributed by atoms with Crippen LogP contribution in [0.4, 0.5) is 4.79 Å². The summed E-state index contributed by atoms with van der Waals surface area (Å²) in [5, 5.41) is 8.43. The van der Waals surface area contributed by atoms with E-state index in [0.29, 0.717) is 0 Å². The zero-order valence-electron chi connectivity index (χ0n) is 7.78. The number of amides is 1. The Morgan fingerprint density at radius 2 is 2.38 bits per heavy atom. The van der Waals surface area contributed by atoms with Crippen molar-refractivity contribution in [2.45, 2.75) is 19.9 Å². The number of rotatable bonds is 3. The first kappa shape index (κ1) is 11.3. The van der Waals surface area contributed by atoms with Crippen LogP contribution in [0.3, 0.4) is 0 Å². The minimum absolute atomic E-state index is 0.0514. The van der Waals surface area contributed by atoms with Crippen LogP contribution < -0.4 is 0 Å². The van der Waals surface area contributed by atoms with Gasteiger partial charge >= 0.3 is 6.09 Å². The molecule has 0 aromatic carbocycles. The van der Waals surface area contributed by atoms with Gasteiger partial charge in [-0.05, 0) is 13.8 Å². The highest BCUT2D eigenvalue weighted by Gasteiger charge is 2.18. The summed E-state index contributed by atoms with van der Waals surface area (Å²) in [5.41, 5.74) is 0. The minimum Gasteiger partial charge on any atom is -0.450 e. The van der Waals surface area contributed by atoms with E-state index in [0.717, 1.165) is 0 Å². The predicted molar refractivity (Wildman–Crippen MR) is 47.6 cm³/mol. The summed E-state index contributed by atoms with van der Waals surface area (Å²) in [4.78, 5) is 12.4. The molecule has 0 saturated carbocycles. The van der Waals surface area contributed by atoms with Gasteiger partial charge in [0.25, 0.3) is 0 Å². The molecule has 0 aromatic heterocycles. The van der Waals surface area contributed by atoms with Crippen LogP contribution in [0, 0.1) is 23.7 Å². The standard InChI is InChI=1S/C9H12N2O2/c1-4-8(3)11(7-6-10)9(12)13-5-2/h1,8H,5,7H2,2-3H3. The van der Waals surface area contributed by atoms with Crippen molar-refractivity contribution in [3.8, 4) is 18.4 Å². The molecule has 0 spiro atoms. The Morgan fingerprint density at radius 1 is 1.77 bits per heavy atom. The summed E-state index contributed by atoms with van der Waals surface area (Å²) in [5.74, 6) is 2.36. The van der Waals surface area contributed by atoms with Crippen molar-refractivity contribution in [2.24, 2.45) is 0 Å². The maximum atomic E-state index is 11.2. The van der Waals surface area contributed by atoms with Gasteiger partial charge in [0.15, 0.2) is 0 Å². The molecular weight excluding hydrogens is 168 g/mol. The van der Waals surface area contributed by atoms with E-state index in [4.69, 9.17) is 16.4 Å². The first-order valence-electron chi connectivity index (χ1n) is 3.93. The Bertz CT molecular complexity index is 249. The van der Waals surface area contributed by atoms with Crippen molar-refractivity contribution < 1.29 is 9.53 Å². The zero-order chi connectivity index (χ0) is 10.3. The van der Waals surface area contributed by atoms with Crippen molar-refractivity contribution in [1.82, 2.24) is 4.90 Å². The topological polar surface area (TPSA) is 53.3 Å². The lowest BCUT2D eigenvalue weighted by molar-refractivity contribution is 0.107.